The Balaban J connectivity index is 2.25. The van der Waals surface area contributed by atoms with Crippen LogP contribution in [0.2, 0.25) is 0 Å². The van der Waals surface area contributed by atoms with E-state index < -0.39 is 77.7 Å². The Labute approximate surface area is 287 Å². The van der Waals surface area contributed by atoms with Crippen LogP contribution in [0.3, 0.4) is 0 Å². The fourth-order valence-electron chi connectivity index (χ4n) is 4.87. The number of hydrogen-bond acceptors (Lipinski definition) is 8. The lowest BCUT2D eigenvalue weighted by atomic mass is 9.99. The predicted octanol–water partition coefficient (Wildman–Crippen LogP) is 0.133. The van der Waals surface area contributed by atoms with Gasteiger partial charge >= 0.3 is 5.97 Å². The first-order valence-electron chi connectivity index (χ1n) is 16.5. The first-order valence-corrected chi connectivity index (χ1v) is 16.5. The van der Waals surface area contributed by atoms with Crippen LogP contribution in [-0.4, -0.2) is 83.4 Å². The molecule has 268 valence electrons. The molecule has 2 rings (SSSR count). The molecule has 0 aliphatic rings. The number of nitrogens with two attached hydrogens (primary N) is 2. The van der Waals surface area contributed by atoms with Crippen molar-refractivity contribution < 1.29 is 33.9 Å². The molecule has 14 heteroatoms. The monoisotopic (exact) mass is 681 g/mol. The average Bonchev–Trinajstić information content (AvgIpc) is 3.06. The molecular weight excluding hydrogens is 630 g/mol. The zero-order chi connectivity index (χ0) is 36.5. The van der Waals surface area contributed by atoms with E-state index in [1.165, 1.54) is 13.8 Å². The Kier molecular flexibility index (Phi) is 16.9. The summed E-state index contributed by atoms with van der Waals surface area (Å²) in [6.07, 6.45) is 1.90. The van der Waals surface area contributed by atoms with E-state index in [0.29, 0.717) is 19.4 Å². The van der Waals surface area contributed by atoms with E-state index >= 15 is 0 Å². The molecule has 0 radical (unpaired) electrons. The lowest BCUT2D eigenvalue weighted by Crippen LogP contribution is -2.60. The average molecular weight is 682 g/mol. The van der Waals surface area contributed by atoms with Crippen LogP contribution in [0, 0.1) is 5.92 Å². The van der Waals surface area contributed by atoms with Crippen molar-refractivity contribution in [1.82, 2.24) is 26.6 Å². The smallest absolute Gasteiger partial charge is 0.325 e. The molecule has 6 atom stereocenters. The Morgan fingerprint density at radius 3 is 1.55 bits per heavy atom. The number of hydrogen-bond donors (Lipinski definition) is 8. The molecule has 0 aromatic heterocycles. The van der Waals surface area contributed by atoms with Crippen molar-refractivity contribution in [2.45, 2.75) is 96.1 Å². The molecule has 0 aliphatic heterocycles. The Morgan fingerprint density at radius 2 is 1.08 bits per heavy atom. The molecule has 0 unspecified atom stereocenters. The largest absolute Gasteiger partial charge is 0.480 e. The van der Waals surface area contributed by atoms with Gasteiger partial charge in [0.2, 0.25) is 29.5 Å². The summed E-state index contributed by atoms with van der Waals surface area (Å²) in [4.78, 5) is 77.8. The lowest BCUT2D eigenvalue weighted by Gasteiger charge is -2.28. The molecule has 0 saturated carbocycles. The molecule has 0 heterocycles. The molecule has 5 amide bonds. The van der Waals surface area contributed by atoms with Crippen molar-refractivity contribution in [2.24, 2.45) is 17.4 Å². The zero-order valence-electron chi connectivity index (χ0n) is 28.6. The standard InChI is InChI=1S/C35H51N7O7/c1-21(2)29(42-30(43)22(3)38-31(44)26(37)17-11-12-18-36)34(47)41-28(20-25-15-9-6-10-16-25)33(46)40-27(19-24-13-7-5-8-14-24)32(45)39-23(4)35(48)49/h5-10,13-16,21-23,26-29H,11-12,17-20,36-37H2,1-4H3,(H,38,44)(H,39,45)(H,40,46)(H,41,47)(H,42,43)(H,48,49)/t22-,23-,26-,27-,28-,29-/m1/s1. The molecule has 10 N–H and O–H groups in total. The molecule has 2 aromatic carbocycles. The summed E-state index contributed by atoms with van der Waals surface area (Å²) in [6, 6.07) is 11.3. The van der Waals surface area contributed by atoms with Gasteiger partial charge in [-0.2, -0.15) is 0 Å². The second-order valence-corrected chi connectivity index (χ2v) is 12.4. The van der Waals surface area contributed by atoms with Gasteiger partial charge in [-0.1, -0.05) is 80.9 Å². The third-order valence-corrected chi connectivity index (χ3v) is 7.87. The van der Waals surface area contributed by atoms with Gasteiger partial charge in [0.15, 0.2) is 0 Å². The van der Waals surface area contributed by atoms with Crippen LogP contribution in [0.1, 0.15) is 58.1 Å². The van der Waals surface area contributed by atoms with Gasteiger partial charge in [0, 0.05) is 12.8 Å². The maximum atomic E-state index is 13.8. The number of carbonyl (C=O) groups is 6. The minimum Gasteiger partial charge on any atom is -0.480 e. The van der Waals surface area contributed by atoms with E-state index in [1.807, 2.05) is 0 Å². The summed E-state index contributed by atoms with van der Waals surface area (Å²) in [5.74, 6) is -4.83. The van der Waals surface area contributed by atoms with Gasteiger partial charge in [-0.25, -0.2) is 0 Å². The minimum absolute atomic E-state index is 0.0525. The van der Waals surface area contributed by atoms with Crippen molar-refractivity contribution in [3.05, 3.63) is 71.8 Å². The van der Waals surface area contributed by atoms with Crippen LogP contribution in [-0.2, 0) is 41.6 Å². The number of carboxylic acid groups (broad SMARTS) is 1. The molecule has 0 spiro atoms. The van der Waals surface area contributed by atoms with Crippen LogP contribution in [0.5, 0.6) is 0 Å². The second-order valence-electron chi connectivity index (χ2n) is 12.4. The predicted molar refractivity (Wildman–Crippen MR) is 185 cm³/mol. The Hall–Kier alpha value is -4.82. The van der Waals surface area contributed by atoms with Crippen molar-refractivity contribution in [2.75, 3.05) is 6.54 Å². The normalized spacial score (nSPS) is 14.7. The fourth-order valence-corrected chi connectivity index (χ4v) is 4.87. The van der Waals surface area contributed by atoms with Gasteiger partial charge in [0.05, 0.1) is 6.04 Å². The molecular formula is C35H51N7O7. The van der Waals surface area contributed by atoms with E-state index in [0.717, 1.165) is 17.5 Å². The highest BCUT2D eigenvalue weighted by Gasteiger charge is 2.33. The summed E-state index contributed by atoms with van der Waals surface area (Å²) >= 11 is 0. The maximum absolute atomic E-state index is 13.8. The quantitative estimate of drug-likeness (QED) is 0.0886. The van der Waals surface area contributed by atoms with Crippen molar-refractivity contribution in [3.8, 4) is 0 Å². The Morgan fingerprint density at radius 1 is 0.612 bits per heavy atom. The summed E-state index contributed by atoms with van der Waals surface area (Å²) in [6.45, 7) is 6.71. The number of nitrogens with one attached hydrogen (secondary N) is 5. The Bertz CT molecular complexity index is 1390. The first-order chi connectivity index (χ1) is 23.2. The van der Waals surface area contributed by atoms with Gasteiger partial charge < -0.3 is 43.2 Å². The van der Waals surface area contributed by atoms with Gasteiger partial charge in [0.25, 0.3) is 0 Å². The van der Waals surface area contributed by atoms with Crippen molar-refractivity contribution >= 4 is 35.5 Å². The summed E-state index contributed by atoms with van der Waals surface area (Å²) in [7, 11) is 0. The van der Waals surface area contributed by atoms with Crippen molar-refractivity contribution in [3.63, 3.8) is 0 Å². The topological polar surface area (TPSA) is 235 Å². The second kappa shape index (κ2) is 20.5. The number of rotatable bonds is 20. The highest BCUT2D eigenvalue weighted by molar-refractivity contribution is 5.96. The number of amides is 5. The molecule has 2 aromatic rings. The van der Waals surface area contributed by atoms with E-state index in [2.05, 4.69) is 26.6 Å². The first kappa shape index (κ1) is 40.4. The van der Waals surface area contributed by atoms with E-state index in [1.54, 1.807) is 74.5 Å². The van der Waals surface area contributed by atoms with Crippen molar-refractivity contribution in [1.29, 1.82) is 0 Å². The van der Waals surface area contributed by atoms with E-state index in [-0.39, 0.29) is 12.8 Å². The molecule has 0 fully saturated rings. The van der Waals surface area contributed by atoms with Crippen LogP contribution in [0.15, 0.2) is 60.7 Å². The number of carbonyl (C=O) groups excluding carboxylic acids is 5. The third-order valence-electron chi connectivity index (χ3n) is 7.87. The number of aliphatic carboxylic acids is 1. The van der Waals surface area contributed by atoms with Crippen LogP contribution < -0.4 is 38.1 Å². The van der Waals surface area contributed by atoms with Gasteiger partial charge in [-0.3, -0.25) is 28.8 Å². The fraction of sp³-hybridized carbons (Fsp3) is 0.486. The molecule has 0 saturated heterocycles. The highest BCUT2D eigenvalue weighted by Crippen LogP contribution is 2.10. The summed E-state index contributed by atoms with van der Waals surface area (Å²) < 4.78 is 0. The molecule has 0 aliphatic carbocycles. The van der Waals surface area contributed by atoms with E-state index in [4.69, 9.17) is 11.5 Å². The molecule has 49 heavy (non-hydrogen) atoms. The van der Waals surface area contributed by atoms with Crippen LogP contribution >= 0.6 is 0 Å². The van der Waals surface area contributed by atoms with Gasteiger partial charge in [-0.15, -0.1) is 0 Å². The van der Waals surface area contributed by atoms with Crippen LogP contribution in [0.4, 0.5) is 0 Å². The molecule has 0 bridgehead atoms. The zero-order valence-corrected chi connectivity index (χ0v) is 28.6. The maximum Gasteiger partial charge on any atom is 0.325 e. The number of unbranched alkanes of at least 4 members (excludes halogenated alkanes) is 1. The van der Waals surface area contributed by atoms with E-state index in [9.17, 15) is 33.9 Å². The number of carboxylic acids is 1. The summed E-state index contributed by atoms with van der Waals surface area (Å²) in [5, 5.41) is 22.4. The minimum atomic E-state index is -1.24. The molecule has 14 nitrogen and oxygen atoms in total. The third kappa shape index (κ3) is 14.1. The van der Waals surface area contributed by atoms with Gasteiger partial charge in [-0.05, 0) is 50.3 Å². The van der Waals surface area contributed by atoms with Crippen LogP contribution in [0.25, 0.3) is 0 Å². The summed E-state index contributed by atoms with van der Waals surface area (Å²) in [5.41, 5.74) is 12.9. The van der Waals surface area contributed by atoms with Gasteiger partial charge in [0.1, 0.15) is 30.2 Å². The lowest BCUT2D eigenvalue weighted by molar-refractivity contribution is -0.141. The highest BCUT2D eigenvalue weighted by atomic mass is 16.4. The SMILES string of the molecule is CC(C)[C@@H](NC(=O)[C@@H](C)NC(=O)[C@H](N)CCCCN)C(=O)N[C@H](Cc1ccccc1)C(=O)N[C@H](Cc1ccccc1)C(=O)N[C@H](C)C(=O)O. The number of benzene rings is 2.